The van der Waals surface area contributed by atoms with Crippen LogP contribution in [-0.2, 0) is 4.79 Å². The van der Waals surface area contributed by atoms with Crippen LogP contribution in [0.15, 0.2) is 0 Å². The van der Waals surface area contributed by atoms with Crippen LogP contribution >= 0.6 is 0 Å². The van der Waals surface area contributed by atoms with E-state index in [0.717, 1.165) is 0 Å². The van der Waals surface area contributed by atoms with E-state index in [9.17, 15) is 18.0 Å². The fourth-order valence-corrected chi connectivity index (χ4v) is 2.18. The predicted molar refractivity (Wildman–Crippen MR) is 48.4 cm³/mol. The Morgan fingerprint density at radius 1 is 1.40 bits per heavy atom. The number of hydrogen-bond donors (Lipinski definition) is 1. The first-order chi connectivity index (χ1) is 6.73. The molecule has 0 heterocycles. The quantitative estimate of drug-likeness (QED) is 0.781. The Morgan fingerprint density at radius 2 is 1.87 bits per heavy atom. The highest BCUT2D eigenvalue weighted by atomic mass is 19.4. The molecule has 0 atom stereocenters. The lowest BCUT2D eigenvalue weighted by Gasteiger charge is -2.36. The van der Waals surface area contributed by atoms with Crippen LogP contribution in [0.2, 0.25) is 0 Å². The maximum atomic E-state index is 12.3. The second-order valence-corrected chi connectivity index (χ2v) is 4.70. The number of carboxylic acid groups (broad SMARTS) is 1. The summed E-state index contributed by atoms with van der Waals surface area (Å²) in [5, 5.41) is 8.63. The van der Waals surface area contributed by atoms with Crippen LogP contribution in [0.4, 0.5) is 13.2 Å². The van der Waals surface area contributed by atoms with Gasteiger partial charge in [0.2, 0.25) is 0 Å². The van der Waals surface area contributed by atoms with E-state index in [1.807, 2.05) is 0 Å². The number of carbonyl (C=O) groups is 1. The minimum Gasteiger partial charge on any atom is -0.481 e. The highest BCUT2D eigenvalue weighted by Gasteiger charge is 2.44. The van der Waals surface area contributed by atoms with Crippen molar-refractivity contribution in [2.75, 3.05) is 0 Å². The number of carboxylic acids is 1. The monoisotopic (exact) mass is 224 g/mol. The van der Waals surface area contributed by atoms with Crippen LogP contribution in [0.25, 0.3) is 0 Å². The first-order valence-electron chi connectivity index (χ1n) is 5.01. The van der Waals surface area contributed by atoms with Gasteiger partial charge in [0.05, 0.1) is 12.3 Å². The molecule has 0 amide bonds. The molecule has 1 rings (SSSR count). The third-order valence-corrected chi connectivity index (χ3v) is 3.23. The maximum absolute atomic E-state index is 12.3. The number of hydrogen-bond acceptors (Lipinski definition) is 1. The standard InChI is InChI=1S/C10H15F3O2/c1-9(6-8(14)15)4-2-7(3-5-9)10(11,12)13/h7H,2-6H2,1H3,(H,14,15). The molecule has 0 saturated heterocycles. The lowest BCUT2D eigenvalue weighted by molar-refractivity contribution is -0.187. The van der Waals surface area contributed by atoms with Gasteiger partial charge in [-0.1, -0.05) is 6.92 Å². The largest absolute Gasteiger partial charge is 0.481 e. The Bertz CT molecular complexity index is 240. The first-order valence-corrected chi connectivity index (χ1v) is 5.01. The Kier molecular flexibility index (Phi) is 3.31. The lowest BCUT2D eigenvalue weighted by Crippen LogP contribution is -2.33. The highest BCUT2D eigenvalue weighted by molar-refractivity contribution is 5.67. The molecular weight excluding hydrogens is 209 g/mol. The zero-order chi connectivity index (χ0) is 11.7. The Hall–Kier alpha value is -0.740. The molecule has 0 radical (unpaired) electrons. The third-order valence-electron chi connectivity index (χ3n) is 3.23. The van der Waals surface area contributed by atoms with E-state index < -0.39 is 23.5 Å². The third kappa shape index (κ3) is 3.39. The summed E-state index contributed by atoms with van der Waals surface area (Å²) < 4.78 is 37.0. The van der Waals surface area contributed by atoms with Crippen molar-refractivity contribution < 1.29 is 23.1 Å². The molecule has 1 aliphatic rings. The van der Waals surface area contributed by atoms with Gasteiger partial charge in [-0.2, -0.15) is 13.2 Å². The van der Waals surface area contributed by atoms with Crippen LogP contribution < -0.4 is 0 Å². The van der Waals surface area contributed by atoms with Crippen LogP contribution in [0, 0.1) is 11.3 Å². The minimum atomic E-state index is -4.12. The summed E-state index contributed by atoms with van der Waals surface area (Å²) in [4.78, 5) is 10.5. The summed E-state index contributed by atoms with van der Waals surface area (Å²) in [6.45, 7) is 1.76. The zero-order valence-corrected chi connectivity index (χ0v) is 8.60. The van der Waals surface area contributed by atoms with Crippen molar-refractivity contribution in [1.82, 2.24) is 0 Å². The van der Waals surface area contributed by atoms with Gasteiger partial charge in [0.15, 0.2) is 0 Å². The molecule has 1 fully saturated rings. The molecule has 15 heavy (non-hydrogen) atoms. The smallest absolute Gasteiger partial charge is 0.391 e. The predicted octanol–water partition coefficient (Wildman–Crippen LogP) is 3.22. The molecule has 2 nitrogen and oxygen atoms in total. The van der Waals surface area contributed by atoms with Crippen molar-refractivity contribution in [2.45, 2.75) is 45.2 Å². The molecule has 5 heteroatoms. The molecule has 0 aromatic heterocycles. The minimum absolute atomic E-state index is 0.0302. The fraction of sp³-hybridized carbons (Fsp3) is 0.900. The zero-order valence-electron chi connectivity index (χ0n) is 8.60. The molecular formula is C10H15F3O2. The molecule has 0 unspecified atom stereocenters. The van der Waals surface area contributed by atoms with Crippen molar-refractivity contribution in [2.24, 2.45) is 11.3 Å². The van der Waals surface area contributed by atoms with E-state index in [2.05, 4.69) is 0 Å². The topological polar surface area (TPSA) is 37.3 Å². The van der Waals surface area contributed by atoms with Gasteiger partial charge >= 0.3 is 12.1 Å². The van der Waals surface area contributed by atoms with Crippen molar-refractivity contribution >= 4 is 5.97 Å². The lowest BCUT2D eigenvalue weighted by atomic mass is 9.70. The molecule has 0 aromatic carbocycles. The van der Waals surface area contributed by atoms with Gasteiger partial charge in [0, 0.05) is 0 Å². The summed E-state index contributed by atoms with van der Waals surface area (Å²) in [6, 6.07) is 0. The SMILES string of the molecule is CC1(CC(=O)O)CCC(C(F)(F)F)CC1. The van der Waals surface area contributed by atoms with Gasteiger partial charge in [-0.25, -0.2) is 0 Å². The van der Waals surface area contributed by atoms with Crippen LogP contribution in [-0.4, -0.2) is 17.3 Å². The highest BCUT2D eigenvalue weighted by Crippen LogP contribution is 2.46. The van der Waals surface area contributed by atoms with Crippen LogP contribution in [0.3, 0.4) is 0 Å². The van der Waals surface area contributed by atoms with Gasteiger partial charge in [-0.15, -0.1) is 0 Å². The summed E-state index contributed by atoms with van der Waals surface area (Å²) >= 11 is 0. The molecule has 88 valence electrons. The number of halogens is 3. The van der Waals surface area contributed by atoms with Crippen molar-refractivity contribution in [3.63, 3.8) is 0 Å². The summed E-state index contributed by atoms with van der Waals surface area (Å²) in [6.07, 6.45) is -3.32. The normalized spacial score (nSPS) is 32.7. The average Bonchev–Trinajstić information content (AvgIpc) is 2.00. The molecule has 0 spiro atoms. The van der Waals surface area contributed by atoms with Gasteiger partial charge < -0.3 is 5.11 Å². The van der Waals surface area contributed by atoms with E-state index in [4.69, 9.17) is 5.11 Å². The molecule has 0 bridgehead atoms. The van der Waals surface area contributed by atoms with Gasteiger partial charge in [-0.3, -0.25) is 4.79 Å². The number of aliphatic carboxylic acids is 1. The van der Waals surface area contributed by atoms with Crippen molar-refractivity contribution in [1.29, 1.82) is 0 Å². The number of rotatable bonds is 2. The summed E-state index contributed by atoms with van der Waals surface area (Å²) in [5.41, 5.74) is -0.451. The average molecular weight is 224 g/mol. The Morgan fingerprint density at radius 3 is 2.20 bits per heavy atom. The van der Waals surface area contributed by atoms with Crippen molar-refractivity contribution in [3.05, 3.63) is 0 Å². The molecule has 1 saturated carbocycles. The maximum Gasteiger partial charge on any atom is 0.391 e. The summed E-state index contributed by atoms with van der Waals surface area (Å²) in [5.74, 6) is -2.16. The molecule has 0 aromatic rings. The van der Waals surface area contributed by atoms with E-state index in [-0.39, 0.29) is 19.3 Å². The summed E-state index contributed by atoms with van der Waals surface area (Å²) in [7, 11) is 0. The second kappa shape index (κ2) is 4.02. The van der Waals surface area contributed by atoms with Crippen molar-refractivity contribution in [3.8, 4) is 0 Å². The first kappa shape index (κ1) is 12.3. The van der Waals surface area contributed by atoms with Crippen LogP contribution in [0.1, 0.15) is 39.0 Å². The van der Waals surface area contributed by atoms with Gasteiger partial charge in [0.25, 0.3) is 0 Å². The molecule has 0 aliphatic heterocycles. The van der Waals surface area contributed by atoms with E-state index >= 15 is 0 Å². The second-order valence-electron chi connectivity index (χ2n) is 4.70. The molecule has 1 aliphatic carbocycles. The Labute approximate surface area is 86.5 Å². The fourth-order valence-electron chi connectivity index (χ4n) is 2.18. The van der Waals surface area contributed by atoms with E-state index in [0.29, 0.717) is 12.8 Å². The van der Waals surface area contributed by atoms with Crippen LogP contribution in [0.5, 0.6) is 0 Å². The molecule has 1 N–H and O–H groups in total. The van der Waals surface area contributed by atoms with E-state index in [1.165, 1.54) is 0 Å². The van der Waals surface area contributed by atoms with Gasteiger partial charge in [-0.05, 0) is 31.1 Å². The van der Waals surface area contributed by atoms with E-state index in [1.54, 1.807) is 6.92 Å². The Balaban J connectivity index is 2.51. The number of alkyl halides is 3. The van der Waals surface area contributed by atoms with Gasteiger partial charge in [0.1, 0.15) is 0 Å².